The highest BCUT2D eigenvalue weighted by molar-refractivity contribution is 9.10. The highest BCUT2D eigenvalue weighted by atomic mass is 79.9. The Morgan fingerprint density at radius 3 is 2.55 bits per heavy atom. The molecule has 2 rings (SSSR count). The van der Waals surface area contributed by atoms with Gasteiger partial charge in [-0.05, 0) is 40.5 Å². The number of hydrogen-bond donors (Lipinski definition) is 1. The van der Waals surface area contributed by atoms with Gasteiger partial charge in [-0.1, -0.05) is 18.3 Å². The Bertz CT molecular complexity index is 685. The van der Waals surface area contributed by atoms with E-state index < -0.39 is 0 Å². The monoisotopic (exact) mass is 354 g/mol. The Balaban J connectivity index is 2.33. The van der Waals surface area contributed by atoms with Crippen LogP contribution in [-0.4, -0.2) is 24.2 Å². The normalized spacial score (nSPS) is 10.4. The SMILES string of the molecule is COc1ccc(Cc2nc(=S)c(Br)c(C)[nH]2)cc1OC. The number of H-pyrrole nitrogens is 1. The van der Waals surface area contributed by atoms with E-state index in [9.17, 15) is 0 Å². The molecular weight excluding hydrogens is 340 g/mol. The summed E-state index contributed by atoms with van der Waals surface area (Å²) < 4.78 is 11.9. The third-order valence-electron chi connectivity index (χ3n) is 2.90. The Kier molecular flexibility index (Phi) is 4.77. The molecule has 0 saturated heterocycles. The first-order chi connectivity index (χ1) is 9.55. The van der Waals surface area contributed by atoms with Gasteiger partial charge in [0.15, 0.2) is 11.5 Å². The number of ether oxygens (including phenoxy) is 2. The van der Waals surface area contributed by atoms with Crippen molar-refractivity contribution in [3.05, 3.63) is 44.4 Å². The van der Waals surface area contributed by atoms with Crippen LogP contribution in [0.2, 0.25) is 0 Å². The average Bonchev–Trinajstić information content (AvgIpc) is 2.44. The maximum absolute atomic E-state index is 5.30. The van der Waals surface area contributed by atoms with E-state index >= 15 is 0 Å². The van der Waals surface area contributed by atoms with Crippen LogP contribution in [0.4, 0.5) is 0 Å². The van der Waals surface area contributed by atoms with Crippen LogP contribution in [0.25, 0.3) is 0 Å². The molecule has 4 nitrogen and oxygen atoms in total. The van der Waals surface area contributed by atoms with Crippen molar-refractivity contribution in [3.8, 4) is 11.5 Å². The molecule has 0 saturated carbocycles. The van der Waals surface area contributed by atoms with E-state index in [1.165, 1.54) is 0 Å². The van der Waals surface area contributed by atoms with Crippen LogP contribution in [0, 0.1) is 11.6 Å². The Morgan fingerprint density at radius 2 is 1.95 bits per heavy atom. The summed E-state index contributed by atoms with van der Waals surface area (Å²) in [5, 5.41) is 0. The third-order valence-corrected chi connectivity index (χ3v) is 4.43. The van der Waals surface area contributed by atoms with Gasteiger partial charge >= 0.3 is 0 Å². The molecule has 0 fully saturated rings. The van der Waals surface area contributed by atoms with Gasteiger partial charge in [-0.2, -0.15) is 0 Å². The summed E-state index contributed by atoms with van der Waals surface area (Å²) in [5.74, 6) is 2.24. The van der Waals surface area contributed by atoms with Crippen LogP contribution in [-0.2, 0) is 6.42 Å². The van der Waals surface area contributed by atoms with Gasteiger partial charge in [-0.3, -0.25) is 0 Å². The second-order valence-corrected chi connectivity index (χ2v) is 5.47. The van der Waals surface area contributed by atoms with Gasteiger partial charge in [0.25, 0.3) is 0 Å². The van der Waals surface area contributed by atoms with Crippen molar-refractivity contribution in [3.63, 3.8) is 0 Å². The molecule has 1 aromatic carbocycles. The fourth-order valence-corrected chi connectivity index (χ4v) is 2.35. The number of hydrogen-bond acceptors (Lipinski definition) is 4. The number of nitrogens with one attached hydrogen (secondary N) is 1. The highest BCUT2D eigenvalue weighted by Crippen LogP contribution is 2.28. The Morgan fingerprint density at radius 1 is 1.25 bits per heavy atom. The summed E-state index contributed by atoms with van der Waals surface area (Å²) in [6.45, 7) is 1.96. The molecule has 0 amide bonds. The van der Waals surface area contributed by atoms with Crippen molar-refractivity contribution >= 4 is 28.1 Å². The molecule has 0 atom stereocenters. The molecule has 20 heavy (non-hydrogen) atoms. The van der Waals surface area contributed by atoms with Gasteiger partial charge in [0.1, 0.15) is 10.5 Å². The molecule has 2 aromatic rings. The first-order valence-electron chi connectivity index (χ1n) is 6.01. The van der Waals surface area contributed by atoms with Crippen molar-refractivity contribution in [1.82, 2.24) is 9.97 Å². The summed E-state index contributed by atoms with van der Waals surface area (Å²) in [5.41, 5.74) is 2.04. The van der Waals surface area contributed by atoms with Crippen LogP contribution < -0.4 is 9.47 Å². The lowest BCUT2D eigenvalue weighted by Gasteiger charge is -2.10. The number of aromatic amines is 1. The number of benzene rings is 1. The Labute approximate surface area is 131 Å². The number of aryl methyl sites for hydroxylation is 1. The largest absolute Gasteiger partial charge is 0.493 e. The minimum absolute atomic E-state index is 0.566. The summed E-state index contributed by atoms with van der Waals surface area (Å²) in [6, 6.07) is 5.81. The van der Waals surface area contributed by atoms with Crippen molar-refractivity contribution in [1.29, 1.82) is 0 Å². The summed E-state index contributed by atoms with van der Waals surface area (Å²) in [4.78, 5) is 7.60. The molecule has 0 bridgehead atoms. The first-order valence-corrected chi connectivity index (χ1v) is 7.21. The lowest BCUT2D eigenvalue weighted by atomic mass is 10.1. The van der Waals surface area contributed by atoms with Crippen molar-refractivity contribution in [2.45, 2.75) is 13.3 Å². The standard InChI is InChI=1S/C14H15BrN2O2S/c1-8-13(15)14(20)17-12(16-8)7-9-4-5-10(18-2)11(6-9)19-3/h4-6H,7H2,1-3H3,(H,16,17,20). The van der Waals surface area contributed by atoms with Gasteiger partial charge in [0.2, 0.25) is 0 Å². The molecule has 0 spiro atoms. The van der Waals surface area contributed by atoms with Crippen molar-refractivity contribution in [2.24, 2.45) is 0 Å². The van der Waals surface area contributed by atoms with Crippen molar-refractivity contribution in [2.75, 3.05) is 14.2 Å². The Hall–Kier alpha value is -1.40. The molecule has 1 aromatic heterocycles. The molecule has 106 valence electrons. The number of halogens is 1. The number of methoxy groups -OCH3 is 2. The molecule has 6 heteroatoms. The maximum Gasteiger partial charge on any atom is 0.161 e. The van der Waals surface area contributed by atoms with Crippen molar-refractivity contribution < 1.29 is 9.47 Å². The zero-order chi connectivity index (χ0) is 14.7. The maximum atomic E-state index is 5.30. The minimum atomic E-state index is 0.566. The summed E-state index contributed by atoms with van der Waals surface area (Å²) >= 11 is 8.62. The first kappa shape index (κ1) is 15.0. The zero-order valence-electron chi connectivity index (χ0n) is 11.5. The van der Waals surface area contributed by atoms with Crippen LogP contribution in [0.3, 0.4) is 0 Å². The van der Waals surface area contributed by atoms with Crippen LogP contribution in [0.5, 0.6) is 11.5 Å². The molecule has 0 aliphatic carbocycles. The molecule has 0 aliphatic rings. The summed E-state index contributed by atoms with van der Waals surface area (Å²) in [7, 11) is 3.24. The van der Waals surface area contributed by atoms with Gasteiger partial charge in [-0.25, -0.2) is 4.98 Å². The van der Waals surface area contributed by atoms with E-state index in [4.69, 9.17) is 21.7 Å². The molecule has 1 heterocycles. The minimum Gasteiger partial charge on any atom is -0.493 e. The second kappa shape index (κ2) is 6.37. The number of rotatable bonds is 4. The third kappa shape index (κ3) is 3.19. The highest BCUT2D eigenvalue weighted by Gasteiger charge is 2.07. The summed E-state index contributed by atoms with van der Waals surface area (Å²) in [6.07, 6.45) is 0.651. The van der Waals surface area contributed by atoms with E-state index in [2.05, 4.69) is 25.9 Å². The lowest BCUT2D eigenvalue weighted by Crippen LogP contribution is -2.00. The van der Waals surface area contributed by atoms with E-state index in [-0.39, 0.29) is 0 Å². The van der Waals surface area contributed by atoms with Gasteiger partial charge < -0.3 is 14.5 Å². The smallest absolute Gasteiger partial charge is 0.161 e. The van der Waals surface area contributed by atoms with E-state index in [1.54, 1.807) is 14.2 Å². The van der Waals surface area contributed by atoms with Gasteiger partial charge in [-0.15, -0.1) is 0 Å². The second-order valence-electron chi connectivity index (χ2n) is 4.29. The topological polar surface area (TPSA) is 47.1 Å². The average molecular weight is 355 g/mol. The number of aromatic nitrogens is 2. The molecule has 1 N–H and O–H groups in total. The van der Waals surface area contributed by atoms with Gasteiger partial charge in [0, 0.05) is 12.1 Å². The zero-order valence-corrected chi connectivity index (χ0v) is 13.9. The van der Waals surface area contributed by atoms with Crippen LogP contribution in [0.15, 0.2) is 22.7 Å². The van der Waals surface area contributed by atoms with Crippen LogP contribution in [0.1, 0.15) is 17.1 Å². The molecule has 0 aliphatic heterocycles. The molecule has 0 radical (unpaired) electrons. The van der Waals surface area contributed by atoms with E-state index in [1.807, 2.05) is 25.1 Å². The molecule has 0 unspecified atom stereocenters. The predicted octanol–water partition coefficient (Wildman–Crippen LogP) is 3.82. The quantitative estimate of drug-likeness (QED) is 0.847. The predicted molar refractivity (Wildman–Crippen MR) is 84.2 cm³/mol. The fourth-order valence-electron chi connectivity index (χ4n) is 1.90. The fraction of sp³-hybridized carbons (Fsp3) is 0.286. The van der Waals surface area contributed by atoms with Gasteiger partial charge in [0.05, 0.1) is 18.7 Å². The lowest BCUT2D eigenvalue weighted by molar-refractivity contribution is 0.354. The molecular formula is C14H15BrN2O2S. The van der Waals surface area contributed by atoms with Crippen LogP contribution >= 0.6 is 28.1 Å². The number of nitrogens with zero attached hydrogens (tertiary/aromatic N) is 1. The van der Waals surface area contributed by atoms with E-state index in [0.717, 1.165) is 21.6 Å². The van der Waals surface area contributed by atoms with E-state index in [0.29, 0.717) is 22.6 Å².